The number of aryl methyl sites for hydroxylation is 1. The van der Waals surface area contributed by atoms with Crippen LogP contribution in [0.4, 0.5) is 10.2 Å². The van der Waals surface area contributed by atoms with E-state index in [1.165, 1.54) is 12.1 Å². The maximum atomic E-state index is 13.7. The van der Waals surface area contributed by atoms with Gasteiger partial charge in [0.25, 0.3) is 0 Å². The third kappa shape index (κ3) is 2.36. The van der Waals surface area contributed by atoms with E-state index in [1.54, 1.807) is 30.2 Å². The highest BCUT2D eigenvalue weighted by Crippen LogP contribution is 2.36. The van der Waals surface area contributed by atoms with Crippen molar-refractivity contribution in [3.8, 4) is 22.4 Å². The quantitative estimate of drug-likeness (QED) is 0.788. The van der Waals surface area contributed by atoms with Gasteiger partial charge in [-0.05, 0) is 29.8 Å². The van der Waals surface area contributed by atoms with Crippen LogP contribution in [-0.2, 0) is 7.05 Å². The van der Waals surface area contributed by atoms with Gasteiger partial charge in [0.1, 0.15) is 17.3 Å². The predicted molar refractivity (Wildman–Crippen MR) is 81.3 cm³/mol. The topological polar surface area (TPSA) is 56.7 Å². The monoisotopic (exact) mass is 302 g/mol. The van der Waals surface area contributed by atoms with E-state index in [1.807, 2.05) is 12.1 Å². The second-order valence-electron chi connectivity index (χ2n) is 4.60. The van der Waals surface area contributed by atoms with Crippen LogP contribution < -0.4 is 5.73 Å². The van der Waals surface area contributed by atoms with E-state index in [2.05, 4.69) is 10.1 Å². The van der Waals surface area contributed by atoms with Crippen LogP contribution in [0.2, 0.25) is 5.02 Å². The molecule has 0 unspecified atom stereocenters. The molecule has 2 N–H and O–H groups in total. The van der Waals surface area contributed by atoms with Gasteiger partial charge in [0.2, 0.25) is 0 Å². The molecule has 0 spiro atoms. The molecule has 4 nitrogen and oxygen atoms in total. The number of nitrogens with two attached hydrogens (primary N) is 1. The fraction of sp³-hybridized carbons (Fsp3) is 0.0667. The van der Waals surface area contributed by atoms with E-state index in [0.717, 1.165) is 11.1 Å². The van der Waals surface area contributed by atoms with Gasteiger partial charge in [-0.25, -0.2) is 4.39 Å². The highest BCUT2D eigenvalue weighted by Gasteiger charge is 2.18. The number of benzene rings is 1. The molecule has 3 aromatic rings. The summed E-state index contributed by atoms with van der Waals surface area (Å²) in [5.74, 6) is 0.0191. The number of anilines is 1. The number of nitrogens with zero attached hydrogens (tertiary/aromatic N) is 3. The molecule has 0 aliphatic heterocycles. The molecule has 0 fully saturated rings. The molecule has 2 aromatic heterocycles. The summed E-state index contributed by atoms with van der Waals surface area (Å²) in [6, 6.07) is 8.26. The first-order valence-corrected chi connectivity index (χ1v) is 6.64. The van der Waals surface area contributed by atoms with Crippen molar-refractivity contribution in [2.75, 3.05) is 5.73 Å². The highest BCUT2D eigenvalue weighted by molar-refractivity contribution is 6.30. The van der Waals surface area contributed by atoms with Crippen LogP contribution in [0.1, 0.15) is 0 Å². The summed E-state index contributed by atoms with van der Waals surface area (Å²) in [6.07, 6.45) is 3.35. The summed E-state index contributed by atoms with van der Waals surface area (Å²) in [5, 5.41) is 4.47. The van der Waals surface area contributed by atoms with Crippen molar-refractivity contribution < 1.29 is 4.39 Å². The molecule has 1 aromatic carbocycles. The number of hydrogen-bond donors (Lipinski definition) is 1. The molecular formula is C15H12ClFN4. The molecule has 3 rings (SSSR count). The zero-order valence-electron chi connectivity index (χ0n) is 11.2. The first-order chi connectivity index (χ1) is 10.1. The van der Waals surface area contributed by atoms with Gasteiger partial charge in [0.15, 0.2) is 0 Å². The number of halogens is 2. The number of pyridine rings is 1. The Hall–Kier alpha value is -2.40. The van der Waals surface area contributed by atoms with Crippen LogP contribution >= 0.6 is 11.6 Å². The Morgan fingerprint density at radius 2 is 1.86 bits per heavy atom. The average molecular weight is 303 g/mol. The maximum absolute atomic E-state index is 13.7. The predicted octanol–water partition coefficient (Wildman–Crippen LogP) is 3.52. The molecule has 0 aliphatic carbocycles. The lowest BCUT2D eigenvalue weighted by Gasteiger charge is -2.05. The SMILES string of the molecule is Cn1nc(-c2ccc(Cl)c(F)c2)c(-c2ccncc2)c1N. The Morgan fingerprint density at radius 1 is 1.14 bits per heavy atom. The molecule has 21 heavy (non-hydrogen) atoms. The minimum atomic E-state index is -0.487. The number of rotatable bonds is 2. The van der Waals surface area contributed by atoms with Crippen molar-refractivity contribution in [3.05, 3.63) is 53.6 Å². The van der Waals surface area contributed by atoms with Gasteiger partial charge in [-0.3, -0.25) is 9.67 Å². The molecule has 0 amide bonds. The Labute approximate surface area is 126 Å². The van der Waals surface area contributed by atoms with Gasteiger partial charge in [0.05, 0.1) is 10.6 Å². The third-order valence-corrected chi connectivity index (χ3v) is 3.56. The van der Waals surface area contributed by atoms with E-state index in [-0.39, 0.29) is 5.02 Å². The molecule has 2 heterocycles. The van der Waals surface area contributed by atoms with Gasteiger partial charge in [0, 0.05) is 25.0 Å². The fourth-order valence-corrected chi connectivity index (χ4v) is 2.30. The second-order valence-corrected chi connectivity index (χ2v) is 5.00. The lowest BCUT2D eigenvalue weighted by Crippen LogP contribution is -1.97. The van der Waals surface area contributed by atoms with E-state index < -0.39 is 5.82 Å². The van der Waals surface area contributed by atoms with Crippen molar-refractivity contribution in [1.82, 2.24) is 14.8 Å². The molecular weight excluding hydrogens is 291 g/mol. The zero-order chi connectivity index (χ0) is 15.0. The van der Waals surface area contributed by atoms with Crippen molar-refractivity contribution >= 4 is 17.4 Å². The van der Waals surface area contributed by atoms with Gasteiger partial charge in [-0.2, -0.15) is 5.10 Å². The van der Waals surface area contributed by atoms with E-state index in [0.29, 0.717) is 17.1 Å². The minimum Gasteiger partial charge on any atom is -0.383 e. The van der Waals surface area contributed by atoms with Crippen LogP contribution in [-0.4, -0.2) is 14.8 Å². The molecule has 0 saturated heterocycles. The van der Waals surface area contributed by atoms with Crippen molar-refractivity contribution in [2.45, 2.75) is 0 Å². The minimum absolute atomic E-state index is 0.0770. The highest BCUT2D eigenvalue weighted by atomic mass is 35.5. The first kappa shape index (κ1) is 13.6. The normalized spacial score (nSPS) is 10.8. The summed E-state index contributed by atoms with van der Waals surface area (Å²) in [5.41, 5.74) is 8.96. The van der Waals surface area contributed by atoms with Crippen molar-refractivity contribution in [3.63, 3.8) is 0 Å². The molecule has 0 radical (unpaired) electrons. The van der Waals surface area contributed by atoms with Crippen LogP contribution in [0.3, 0.4) is 0 Å². The van der Waals surface area contributed by atoms with E-state index in [4.69, 9.17) is 17.3 Å². The molecule has 0 aliphatic rings. The number of aromatic nitrogens is 3. The van der Waals surface area contributed by atoms with Gasteiger partial charge >= 0.3 is 0 Å². The van der Waals surface area contributed by atoms with Gasteiger partial charge < -0.3 is 5.73 Å². The zero-order valence-corrected chi connectivity index (χ0v) is 12.0. The number of hydrogen-bond acceptors (Lipinski definition) is 3. The Bertz CT molecular complexity index is 799. The first-order valence-electron chi connectivity index (χ1n) is 6.26. The molecule has 0 bridgehead atoms. The smallest absolute Gasteiger partial charge is 0.142 e. The summed E-state index contributed by atoms with van der Waals surface area (Å²) >= 11 is 5.73. The lowest BCUT2D eigenvalue weighted by atomic mass is 10.0. The van der Waals surface area contributed by atoms with Crippen molar-refractivity contribution in [1.29, 1.82) is 0 Å². The third-order valence-electron chi connectivity index (χ3n) is 3.25. The van der Waals surface area contributed by atoms with Gasteiger partial charge in [-0.15, -0.1) is 0 Å². The Morgan fingerprint density at radius 3 is 2.52 bits per heavy atom. The Balaban J connectivity index is 2.24. The van der Waals surface area contributed by atoms with E-state index in [9.17, 15) is 4.39 Å². The summed E-state index contributed by atoms with van der Waals surface area (Å²) in [4.78, 5) is 3.99. The summed E-state index contributed by atoms with van der Waals surface area (Å²) in [7, 11) is 1.75. The van der Waals surface area contributed by atoms with Crippen molar-refractivity contribution in [2.24, 2.45) is 7.05 Å². The summed E-state index contributed by atoms with van der Waals surface area (Å²) in [6.45, 7) is 0. The molecule has 6 heteroatoms. The van der Waals surface area contributed by atoms with Gasteiger partial charge in [-0.1, -0.05) is 17.7 Å². The lowest BCUT2D eigenvalue weighted by molar-refractivity contribution is 0.628. The Kier molecular flexibility index (Phi) is 3.35. The van der Waals surface area contributed by atoms with Crippen LogP contribution in [0.5, 0.6) is 0 Å². The average Bonchev–Trinajstić information content (AvgIpc) is 2.79. The maximum Gasteiger partial charge on any atom is 0.142 e. The van der Waals surface area contributed by atoms with Crippen LogP contribution in [0, 0.1) is 5.82 Å². The standard InChI is InChI=1S/C15H12ClFN4/c1-21-15(18)13(9-4-6-19-7-5-9)14(20-21)10-2-3-11(16)12(17)8-10/h2-8H,18H2,1H3. The molecule has 106 valence electrons. The second kappa shape index (κ2) is 5.18. The number of nitrogen functional groups attached to an aromatic ring is 1. The van der Waals surface area contributed by atoms with Crippen LogP contribution in [0.15, 0.2) is 42.7 Å². The molecule has 0 atom stereocenters. The summed E-state index contributed by atoms with van der Waals surface area (Å²) < 4.78 is 15.3. The van der Waals surface area contributed by atoms with E-state index >= 15 is 0 Å². The molecule has 0 saturated carbocycles. The largest absolute Gasteiger partial charge is 0.383 e. The fourth-order valence-electron chi connectivity index (χ4n) is 2.19. The van der Waals surface area contributed by atoms with Crippen LogP contribution in [0.25, 0.3) is 22.4 Å².